The molecule has 7 nitrogen and oxygen atoms in total. The molecule has 0 unspecified atom stereocenters. The number of aromatic nitrogens is 2. The number of amides is 2. The number of nitrogens with one attached hydrogen (secondary N) is 2. The molecule has 1 atom stereocenters. The summed E-state index contributed by atoms with van der Waals surface area (Å²) in [5.74, 6) is -0.170. The van der Waals surface area contributed by atoms with Crippen molar-refractivity contribution in [3.8, 4) is 0 Å². The predicted octanol–water partition coefficient (Wildman–Crippen LogP) is 4.65. The van der Waals surface area contributed by atoms with Crippen LogP contribution in [0, 0.1) is 0 Å². The standard InChI is InChI=1S/C22H19N5O2S2/c1-13(20(29)27-21-16(18(23)28)11-12-30-21)31-22-25-17-10-6-5-9-15(17)19(26-22)24-14-7-3-2-4-8-14/h2-13H,1H3,(H2,23,28)(H,27,29)(H,24,25,26)/t13-/m0/s1. The number of carbonyl (C=O) groups is 2. The molecule has 0 aliphatic rings. The number of benzene rings is 2. The third kappa shape index (κ3) is 4.84. The quantitative estimate of drug-likeness (QED) is 0.280. The molecule has 0 fully saturated rings. The minimum atomic E-state index is -0.577. The summed E-state index contributed by atoms with van der Waals surface area (Å²) in [6, 6.07) is 19.0. The van der Waals surface area contributed by atoms with Crippen molar-refractivity contribution >= 4 is 62.3 Å². The van der Waals surface area contributed by atoms with Gasteiger partial charge in [0.15, 0.2) is 5.16 Å². The van der Waals surface area contributed by atoms with Crippen LogP contribution in [0.4, 0.5) is 16.5 Å². The van der Waals surface area contributed by atoms with Crippen molar-refractivity contribution in [3.05, 3.63) is 71.6 Å². The lowest BCUT2D eigenvalue weighted by Crippen LogP contribution is -2.24. The van der Waals surface area contributed by atoms with Crippen molar-refractivity contribution < 1.29 is 9.59 Å². The van der Waals surface area contributed by atoms with Gasteiger partial charge in [-0.25, -0.2) is 9.97 Å². The van der Waals surface area contributed by atoms with E-state index in [2.05, 4.69) is 20.6 Å². The average Bonchev–Trinajstić information content (AvgIpc) is 3.23. The number of hydrogen-bond acceptors (Lipinski definition) is 7. The van der Waals surface area contributed by atoms with E-state index in [1.807, 2.05) is 54.6 Å². The molecule has 2 aromatic carbocycles. The van der Waals surface area contributed by atoms with Crippen LogP contribution in [0.2, 0.25) is 0 Å². The van der Waals surface area contributed by atoms with Gasteiger partial charge in [-0.3, -0.25) is 9.59 Å². The van der Waals surface area contributed by atoms with Crippen LogP contribution in [0.15, 0.2) is 71.2 Å². The lowest BCUT2D eigenvalue weighted by molar-refractivity contribution is -0.115. The molecule has 0 aliphatic heterocycles. The molecule has 9 heteroatoms. The largest absolute Gasteiger partial charge is 0.366 e. The molecule has 0 radical (unpaired) electrons. The van der Waals surface area contributed by atoms with Gasteiger partial charge in [0, 0.05) is 11.1 Å². The number of nitrogens with zero attached hydrogens (tertiary/aromatic N) is 2. The summed E-state index contributed by atoms with van der Waals surface area (Å²) in [7, 11) is 0. The van der Waals surface area contributed by atoms with Gasteiger partial charge in [-0.2, -0.15) is 0 Å². The summed E-state index contributed by atoms with van der Waals surface area (Å²) < 4.78 is 0. The van der Waals surface area contributed by atoms with Crippen molar-refractivity contribution in [1.82, 2.24) is 9.97 Å². The number of rotatable bonds is 7. The number of thioether (sulfide) groups is 1. The maximum atomic E-state index is 12.7. The molecule has 156 valence electrons. The van der Waals surface area contributed by atoms with Crippen molar-refractivity contribution in [1.29, 1.82) is 0 Å². The van der Waals surface area contributed by atoms with Gasteiger partial charge in [0.25, 0.3) is 5.91 Å². The lowest BCUT2D eigenvalue weighted by atomic mass is 10.2. The van der Waals surface area contributed by atoms with Gasteiger partial charge in [0.1, 0.15) is 10.8 Å². The fourth-order valence-electron chi connectivity index (χ4n) is 2.89. The van der Waals surface area contributed by atoms with Gasteiger partial charge >= 0.3 is 0 Å². The Labute approximate surface area is 187 Å². The monoisotopic (exact) mass is 449 g/mol. The highest BCUT2D eigenvalue weighted by Crippen LogP contribution is 2.30. The van der Waals surface area contributed by atoms with E-state index in [1.54, 1.807) is 18.4 Å². The second-order valence-corrected chi connectivity index (χ2v) is 8.86. The number of fused-ring (bicyclic) bond motifs is 1. The molecule has 0 aliphatic carbocycles. The zero-order chi connectivity index (χ0) is 21.8. The molecule has 0 saturated heterocycles. The van der Waals surface area contributed by atoms with Crippen molar-refractivity contribution in [2.24, 2.45) is 5.73 Å². The zero-order valence-corrected chi connectivity index (χ0v) is 18.2. The Morgan fingerprint density at radius 1 is 1.03 bits per heavy atom. The van der Waals surface area contributed by atoms with Crippen LogP contribution < -0.4 is 16.4 Å². The molecule has 4 rings (SSSR count). The molecule has 31 heavy (non-hydrogen) atoms. The van der Waals surface area contributed by atoms with E-state index in [9.17, 15) is 9.59 Å². The van der Waals surface area contributed by atoms with Crippen LogP contribution in [0.1, 0.15) is 17.3 Å². The fourth-order valence-corrected chi connectivity index (χ4v) is 4.46. The maximum absolute atomic E-state index is 12.7. The molecule has 2 heterocycles. The summed E-state index contributed by atoms with van der Waals surface area (Å²) in [4.78, 5) is 33.4. The number of nitrogens with two attached hydrogens (primary N) is 1. The highest BCUT2D eigenvalue weighted by molar-refractivity contribution is 8.00. The summed E-state index contributed by atoms with van der Waals surface area (Å²) in [5.41, 5.74) is 7.33. The highest BCUT2D eigenvalue weighted by Gasteiger charge is 2.20. The molecule has 4 N–H and O–H groups in total. The first kappa shape index (κ1) is 20.8. The van der Waals surface area contributed by atoms with Crippen LogP contribution in [0.5, 0.6) is 0 Å². The maximum Gasteiger partial charge on any atom is 0.251 e. The number of thiophene rings is 1. The second kappa shape index (κ2) is 9.15. The Hall–Kier alpha value is -3.43. The average molecular weight is 450 g/mol. The van der Waals surface area contributed by atoms with Gasteiger partial charge in [0.05, 0.1) is 16.3 Å². The Balaban J connectivity index is 1.57. The SMILES string of the molecule is C[C@H](Sc1nc(Nc2ccccc2)c2ccccc2n1)C(=O)Nc1sccc1C(N)=O. The van der Waals surface area contributed by atoms with E-state index in [0.29, 0.717) is 21.5 Å². The zero-order valence-electron chi connectivity index (χ0n) is 16.5. The van der Waals surface area contributed by atoms with Crippen molar-refractivity contribution in [3.63, 3.8) is 0 Å². The van der Waals surface area contributed by atoms with E-state index in [0.717, 1.165) is 16.6 Å². The number of primary amides is 1. The predicted molar refractivity (Wildman–Crippen MR) is 126 cm³/mol. The van der Waals surface area contributed by atoms with Gasteiger partial charge in [-0.1, -0.05) is 42.1 Å². The normalized spacial score (nSPS) is 11.8. The second-order valence-electron chi connectivity index (χ2n) is 6.64. The lowest BCUT2D eigenvalue weighted by Gasteiger charge is -2.13. The molecule has 0 spiro atoms. The van der Waals surface area contributed by atoms with Crippen molar-refractivity contribution in [2.75, 3.05) is 10.6 Å². The summed E-state index contributed by atoms with van der Waals surface area (Å²) >= 11 is 2.49. The van der Waals surface area contributed by atoms with Crippen LogP contribution in [0.25, 0.3) is 10.9 Å². The van der Waals surface area contributed by atoms with Crippen LogP contribution >= 0.6 is 23.1 Å². The number of carbonyl (C=O) groups excluding carboxylic acids is 2. The minimum absolute atomic E-state index is 0.260. The summed E-state index contributed by atoms with van der Waals surface area (Å²) in [6.07, 6.45) is 0. The third-order valence-corrected chi connectivity index (χ3v) is 6.23. The molecular weight excluding hydrogens is 430 g/mol. The number of hydrogen-bond donors (Lipinski definition) is 3. The Morgan fingerprint density at radius 2 is 1.77 bits per heavy atom. The van der Waals surface area contributed by atoms with Gasteiger partial charge < -0.3 is 16.4 Å². The van der Waals surface area contributed by atoms with E-state index in [4.69, 9.17) is 5.73 Å². The first-order valence-electron chi connectivity index (χ1n) is 9.45. The summed E-state index contributed by atoms with van der Waals surface area (Å²) in [6.45, 7) is 1.76. The number of para-hydroxylation sites is 2. The molecule has 0 saturated carbocycles. The molecule has 0 bridgehead atoms. The van der Waals surface area contributed by atoms with E-state index in [1.165, 1.54) is 23.1 Å². The topological polar surface area (TPSA) is 110 Å². The molecule has 4 aromatic rings. The van der Waals surface area contributed by atoms with E-state index >= 15 is 0 Å². The fraction of sp³-hybridized carbons (Fsp3) is 0.0909. The van der Waals surface area contributed by atoms with Gasteiger partial charge in [-0.05, 0) is 42.6 Å². The Morgan fingerprint density at radius 3 is 2.55 bits per heavy atom. The third-order valence-electron chi connectivity index (χ3n) is 4.44. The van der Waals surface area contributed by atoms with Gasteiger partial charge in [0.2, 0.25) is 5.91 Å². The number of anilines is 3. The van der Waals surface area contributed by atoms with Crippen LogP contribution in [-0.2, 0) is 4.79 Å². The van der Waals surface area contributed by atoms with E-state index in [-0.39, 0.29) is 5.91 Å². The molecule has 2 amide bonds. The Bertz CT molecular complexity index is 1240. The first-order chi connectivity index (χ1) is 15.0. The minimum Gasteiger partial charge on any atom is -0.366 e. The van der Waals surface area contributed by atoms with Crippen molar-refractivity contribution in [2.45, 2.75) is 17.3 Å². The molecular formula is C22H19N5O2S2. The molecule has 2 aromatic heterocycles. The smallest absolute Gasteiger partial charge is 0.251 e. The summed E-state index contributed by atoms with van der Waals surface area (Å²) in [5, 5.41) is 9.12. The first-order valence-corrected chi connectivity index (χ1v) is 11.2. The highest BCUT2D eigenvalue weighted by atomic mass is 32.2. The van der Waals surface area contributed by atoms with E-state index < -0.39 is 11.2 Å². The van der Waals surface area contributed by atoms with Crippen LogP contribution in [-0.4, -0.2) is 27.0 Å². The van der Waals surface area contributed by atoms with Gasteiger partial charge in [-0.15, -0.1) is 11.3 Å². The van der Waals surface area contributed by atoms with Crippen LogP contribution in [0.3, 0.4) is 0 Å². The Kier molecular flexibility index (Phi) is 6.15.